The molecule has 4 heteroatoms. The SMILES string of the molecule is COC[C@@]12CN(C3CCN(c4cccc(OC)c4)CC3)C[C@@H]1C(C)(C)C2. The van der Waals surface area contributed by atoms with E-state index in [4.69, 9.17) is 9.47 Å². The van der Waals surface area contributed by atoms with Crippen molar-refractivity contribution >= 4 is 5.69 Å². The van der Waals surface area contributed by atoms with Crippen LogP contribution in [0.2, 0.25) is 0 Å². The van der Waals surface area contributed by atoms with E-state index in [9.17, 15) is 0 Å². The van der Waals surface area contributed by atoms with Gasteiger partial charge in [-0.25, -0.2) is 0 Å². The molecule has 144 valence electrons. The largest absolute Gasteiger partial charge is 0.497 e. The number of nitrogens with zero attached hydrogens (tertiary/aromatic N) is 2. The summed E-state index contributed by atoms with van der Waals surface area (Å²) in [5.41, 5.74) is 2.19. The summed E-state index contributed by atoms with van der Waals surface area (Å²) < 4.78 is 11.0. The number of anilines is 1. The molecule has 2 saturated heterocycles. The smallest absolute Gasteiger partial charge is 0.120 e. The van der Waals surface area contributed by atoms with Crippen molar-refractivity contribution in [3.05, 3.63) is 24.3 Å². The van der Waals surface area contributed by atoms with Crippen LogP contribution < -0.4 is 9.64 Å². The van der Waals surface area contributed by atoms with Crippen LogP contribution in [0.3, 0.4) is 0 Å². The number of fused-ring (bicyclic) bond motifs is 1. The number of rotatable bonds is 5. The number of hydrogen-bond donors (Lipinski definition) is 0. The molecule has 1 aromatic carbocycles. The first-order valence-corrected chi connectivity index (χ1v) is 10.1. The van der Waals surface area contributed by atoms with E-state index < -0.39 is 0 Å². The first-order valence-electron chi connectivity index (χ1n) is 10.1. The van der Waals surface area contributed by atoms with Crippen molar-refractivity contribution in [3.8, 4) is 5.75 Å². The van der Waals surface area contributed by atoms with Crippen LogP contribution in [0.15, 0.2) is 24.3 Å². The molecule has 4 rings (SSSR count). The molecule has 26 heavy (non-hydrogen) atoms. The lowest BCUT2D eigenvalue weighted by Crippen LogP contribution is -2.55. The molecule has 0 N–H and O–H groups in total. The van der Waals surface area contributed by atoms with Gasteiger partial charge in [0.25, 0.3) is 0 Å². The molecule has 2 aliphatic heterocycles. The van der Waals surface area contributed by atoms with Gasteiger partial charge in [-0.2, -0.15) is 0 Å². The zero-order valence-corrected chi connectivity index (χ0v) is 16.8. The minimum atomic E-state index is 0.419. The van der Waals surface area contributed by atoms with Gasteiger partial charge >= 0.3 is 0 Å². The summed E-state index contributed by atoms with van der Waals surface area (Å²) in [5.74, 6) is 1.75. The molecule has 0 spiro atoms. The van der Waals surface area contributed by atoms with E-state index in [1.54, 1.807) is 7.11 Å². The second-order valence-corrected chi connectivity index (χ2v) is 9.36. The van der Waals surface area contributed by atoms with Crippen LogP contribution in [0.4, 0.5) is 5.69 Å². The quantitative estimate of drug-likeness (QED) is 0.802. The average molecular weight is 359 g/mol. The van der Waals surface area contributed by atoms with Gasteiger partial charge in [-0.05, 0) is 42.7 Å². The predicted molar refractivity (Wildman–Crippen MR) is 106 cm³/mol. The predicted octanol–water partition coefficient (Wildman–Crippen LogP) is 3.66. The van der Waals surface area contributed by atoms with E-state index in [1.165, 1.54) is 38.0 Å². The minimum Gasteiger partial charge on any atom is -0.497 e. The monoisotopic (exact) mass is 358 g/mol. The Balaban J connectivity index is 1.38. The van der Waals surface area contributed by atoms with Crippen molar-refractivity contribution < 1.29 is 9.47 Å². The highest BCUT2D eigenvalue weighted by Gasteiger charge is 2.63. The van der Waals surface area contributed by atoms with E-state index in [1.807, 2.05) is 13.2 Å². The maximum Gasteiger partial charge on any atom is 0.120 e. The molecular weight excluding hydrogens is 324 g/mol. The number of hydrogen-bond acceptors (Lipinski definition) is 4. The minimum absolute atomic E-state index is 0.419. The first-order chi connectivity index (χ1) is 12.5. The number of likely N-dealkylation sites (tertiary alicyclic amines) is 1. The zero-order chi connectivity index (χ0) is 18.4. The van der Waals surface area contributed by atoms with Crippen LogP contribution in [0.1, 0.15) is 33.1 Å². The summed E-state index contributed by atoms with van der Waals surface area (Å²) in [5, 5.41) is 0. The van der Waals surface area contributed by atoms with E-state index in [2.05, 4.69) is 41.8 Å². The van der Waals surface area contributed by atoms with E-state index >= 15 is 0 Å². The van der Waals surface area contributed by atoms with Crippen LogP contribution in [0, 0.1) is 16.7 Å². The summed E-state index contributed by atoms with van der Waals surface area (Å²) >= 11 is 0. The molecule has 2 atom stereocenters. The van der Waals surface area contributed by atoms with Crippen LogP contribution in [-0.2, 0) is 4.74 Å². The van der Waals surface area contributed by atoms with Gasteiger partial charge in [-0.3, -0.25) is 4.90 Å². The first kappa shape index (κ1) is 18.1. The van der Waals surface area contributed by atoms with E-state index in [0.717, 1.165) is 37.4 Å². The molecule has 0 aromatic heterocycles. The van der Waals surface area contributed by atoms with Gasteiger partial charge in [-0.15, -0.1) is 0 Å². The summed E-state index contributed by atoms with van der Waals surface area (Å²) in [4.78, 5) is 5.31. The second-order valence-electron chi connectivity index (χ2n) is 9.36. The van der Waals surface area contributed by atoms with E-state index in [-0.39, 0.29) is 0 Å². The Kier molecular flexibility index (Phi) is 4.68. The molecule has 4 nitrogen and oxygen atoms in total. The van der Waals surface area contributed by atoms with Gasteiger partial charge in [0.2, 0.25) is 0 Å². The van der Waals surface area contributed by atoms with Gasteiger partial charge in [-0.1, -0.05) is 19.9 Å². The van der Waals surface area contributed by atoms with Crippen LogP contribution in [0.25, 0.3) is 0 Å². The summed E-state index contributed by atoms with van der Waals surface area (Å²) in [7, 11) is 3.61. The molecule has 0 amide bonds. The molecule has 2 heterocycles. The Labute approximate surface area is 158 Å². The van der Waals surface area contributed by atoms with Crippen molar-refractivity contribution in [2.75, 3.05) is 51.9 Å². The van der Waals surface area contributed by atoms with Crippen molar-refractivity contribution in [2.24, 2.45) is 16.7 Å². The third kappa shape index (κ3) is 3.01. The fourth-order valence-electron chi connectivity index (χ4n) is 6.22. The van der Waals surface area contributed by atoms with Crippen molar-refractivity contribution in [3.63, 3.8) is 0 Å². The zero-order valence-electron chi connectivity index (χ0n) is 16.8. The maximum atomic E-state index is 5.63. The Bertz CT molecular complexity index is 639. The van der Waals surface area contributed by atoms with Crippen molar-refractivity contribution in [2.45, 2.75) is 39.2 Å². The number of benzene rings is 1. The van der Waals surface area contributed by atoms with Gasteiger partial charge in [0.05, 0.1) is 13.7 Å². The lowest BCUT2D eigenvalue weighted by Gasteiger charge is -2.56. The summed E-state index contributed by atoms with van der Waals surface area (Å²) in [6.07, 6.45) is 3.83. The standard InChI is InChI=1S/C22H34N2O2/c1-21(2)14-22(16-25-3)15-24(13-20(21)22)17-8-10-23(11-9-17)18-6-5-7-19(12-18)26-4/h5-7,12,17,20H,8-11,13-16H2,1-4H3/t20-,22-/m1/s1. The Morgan fingerprint density at radius 2 is 1.92 bits per heavy atom. The normalized spacial score (nSPS) is 31.5. The third-order valence-electron chi connectivity index (χ3n) is 7.26. The highest BCUT2D eigenvalue weighted by Crippen LogP contribution is 2.63. The fourth-order valence-corrected chi connectivity index (χ4v) is 6.22. The van der Waals surface area contributed by atoms with Gasteiger partial charge < -0.3 is 14.4 Å². The molecular formula is C22H34N2O2. The Morgan fingerprint density at radius 1 is 1.15 bits per heavy atom. The van der Waals surface area contributed by atoms with Gasteiger partial charge in [0.1, 0.15) is 5.75 Å². The number of methoxy groups -OCH3 is 2. The Hall–Kier alpha value is -1.26. The number of piperidine rings is 1. The topological polar surface area (TPSA) is 24.9 Å². The Morgan fingerprint density at radius 3 is 2.58 bits per heavy atom. The molecule has 0 unspecified atom stereocenters. The third-order valence-corrected chi connectivity index (χ3v) is 7.26. The van der Waals surface area contributed by atoms with E-state index in [0.29, 0.717) is 10.8 Å². The van der Waals surface area contributed by atoms with Crippen molar-refractivity contribution in [1.82, 2.24) is 4.90 Å². The maximum absolute atomic E-state index is 5.63. The second kappa shape index (κ2) is 6.72. The molecule has 0 radical (unpaired) electrons. The molecule has 1 saturated carbocycles. The molecule has 1 aromatic rings. The van der Waals surface area contributed by atoms with Crippen LogP contribution in [0.5, 0.6) is 5.75 Å². The average Bonchev–Trinajstić information content (AvgIpc) is 2.97. The molecule has 0 bridgehead atoms. The highest BCUT2D eigenvalue weighted by molar-refractivity contribution is 5.51. The van der Waals surface area contributed by atoms with Gasteiger partial charge in [0, 0.05) is 56.5 Å². The molecule has 3 aliphatic rings. The van der Waals surface area contributed by atoms with Crippen LogP contribution in [-0.4, -0.2) is 57.9 Å². The number of ether oxygens (including phenoxy) is 2. The lowest BCUT2D eigenvalue weighted by molar-refractivity contribution is -0.107. The molecule has 1 aliphatic carbocycles. The van der Waals surface area contributed by atoms with Crippen molar-refractivity contribution in [1.29, 1.82) is 0 Å². The van der Waals surface area contributed by atoms with Crippen LogP contribution >= 0.6 is 0 Å². The van der Waals surface area contributed by atoms with Gasteiger partial charge in [0.15, 0.2) is 0 Å². The lowest BCUT2D eigenvalue weighted by atomic mass is 9.48. The fraction of sp³-hybridized carbons (Fsp3) is 0.727. The summed E-state index contributed by atoms with van der Waals surface area (Å²) in [6.45, 7) is 10.6. The molecule has 3 fully saturated rings. The summed E-state index contributed by atoms with van der Waals surface area (Å²) in [6, 6.07) is 9.20. The highest BCUT2D eigenvalue weighted by atomic mass is 16.5.